The van der Waals surface area contributed by atoms with Crippen LogP contribution in [-0.4, -0.2) is 53.1 Å². The molecule has 30 heavy (non-hydrogen) atoms. The van der Waals surface area contributed by atoms with E-state index in [1.54, 1.807) is 18.2 Å². The second-order valence-corrected chi connectivity index (χ2v) is 8.09. The maximum absolute atomic E-state index is 13.0. The van der Waals surface area contributed by atoms with Crippen molar-refractivity contribution in [1.82, 2.24) is 14.3 Å². The smallest absolute Gasteiger partial charge is 0.254 e. The van der Waals surface area contributed by atoms with Crippen LogP contribution >= 0.6 is 11.5 Å². The quantitative estimate of drug-likeness (QED) is 0.643. The number of carbonyl (C=O) groups excluding carboxylic acids is 1. The zero-order valence-corrected chi connectivity index (χ0v) is 17.3. The molecule has 1 fully saturated rings. The third-order valence-electron chi connectivity index (χ3n) is 5.34. The third kappa shape index (κ3) is 3.95. The fourth-order valence-corrected chi connectivity index (χ4v) is 4.48. The Labute approximate surface area is 179 Å². The Morgan fingerprint density at radius 3 is 2.77 bits per heavy atom. The van der Waals surface area contributed by atoms with Gasteiger partial charge in [-0.25, -0.2) is 4.98 Å². The minimum Gasteiger partial charge on any atom is -0.454 e. The normalized spacial score (nSPS) is 15.9. The van der Waals surface area contributed by atoms with Gasteiger partial charge < -0.3 is 19.3 Å². The number of amides is 1. The van der Waals surface area contributed by atoms with Crippen LogP contribution in [0.3, 0.4) is 0 Å². The summed E-state index contributed by atoms with van der Waals surface area (Å²) in [4.78, 5) is 21.9. The van der Waals surface area contributed by atoms with Gasteiger partial charge in [0.15, 0.2) is 11.5 Å². The number of nitrogens with zero attached hydrogens (tertiary/aromatic N) is 4. The highest BCUT2D eigenvalue weighted by Gasteiger charge is 2.24. The van der Waals surface area contributed by atoms with Crippen molar-refractivity contribution in [2.24, 2.45) is 0 Å². The fraction of sp³-hybridized carbons (Fsp3) is 0.318. The van der Waals surface area contributed by atoms with E-state index in [1.165, 1.54) is 17.1 Å². The highest BCUT2D eigenvalue weighted by molar-refractivity contribution is 7.09. The second kappa shape index (κ2) is 8.31. The Hall–Kier alpha value is -3.13. The van der Waals surface area contributed by atoms with Crippen LogP contribution in [-0.2, 0) is 6.42 Å². The van der Waals surface area contributed by atoms with Crippen molar-refractivity contribution in [1.29, 1.82) is 0 Å². The fourth-order valence-electron chi connectivity index (χ4n) is 3.75. The van der Waals surface area contributed by atoms with E-state index in [2.05, 4.69) is 21.4 Å². The van der Waals surface area contributed by atoms with Crippen LogP contribution in [0.5, 0.6) is 11.5 Å². The molecule has 1 amide bonds. The van der Waals surface area contributed by atoms with Crippen molar-refractivity contribution >= 4 is 22.6 Å². The first-order chi connectivity index (χ1) is 14.8. The first-order valence-corrected chi connectivity index (χ1v) is 10.8. The molecule has 0 unspecified atom stereocenters. The molecule has 154 valence electrons. The number of hydrogen-bond donors (Lipinski definition) is 0. The van der Waals surface area contributed by atoms with Gasteiger partial charge in [-0.2, -0.15) is 4.37 Å². The van der Waals surface area contributed by atoms with Crippen LogP contribution in [0.2, 0.25) is 0 Å². The molecule has 2 aromatic carbocycles. The van der Waals surface area contributed by atoms with Crippen LogP contribution in [0.4, 0.5) is 5.13 Å². The number of rotatable bonds is 4. The number of hydrogen-bond acceptors (Lipinski definition) is 7. The van der Waals surface area contributed by atoms with Gasteiger partial charge in [-0.3, -0.25) is 4.79 Å². The van der Waals surface area contributed by atoms with Gasteiger partial charge in [-0.1, -0.05) is 30.3 Å². The van der Waals surface area contributed by atoms with Gasteiger partial charge >= 0.3 is 0 Å². The van der Waals surface area contributed by atoms with Crippen molar-refractivity contribution in [3.05, 3.63) is 65.5 Å². The maximum Gasteiger partial charge on any atom is 0.254 e. The van der Waals surface area contributed by atoms with Crippen LogP contribution in [0.15, 0.2) is 48.5 Å². The maximum atomic E-state index is 13.0. The standard InChI is InChI=1S/C22H22N4O3S/c27-21(17-7-8-18-19(14-17)29-15-28-18)25-9-4-10-26(12-11-25)22-23-20(24-30-22)13-16-5-2-1-3-6-16/h1-3,5-8,14H,4,9-13,15H2. The Balaban J connectivity index is 1.23. The summed E-state index contributed by atoms with van der Waals surface area (Å²) in [6.45, 7) is 3.20. The highest BCUT2D eigenvalue weighted by atomic mass is 32.1. The van der Waals surface area contributed by atoms with E-state index >= 15 is 0 Å². The minimum absolute atomic E-state index is 0.0252. The van der Waals surface area contributed by atoms with Crippen molar-refractivity contribution in [2.45, 2.75) is 12.8 Å². The van der Waals surface area contributed by atoms with Crippen molar-refractivity contribution in [3.8, 4) is 11.5 Å². The van der Waals surface area contributed by atoms with Crippen molar-refractivity contribution < 1.29 is 14.3 Å². The molecule has 0 N–H and O–H groups in total. The third-order valence-corrected chi connectivity index (χ3v) is 6.15. The highest BCUT2D eigenvalue weighted by Crippen LogP contribution is 2.33. The van der Waals surface area contributed by atoms with Gasteiger partial charge in [0.1, 0.15) is 5.82 Å². The number of carbonyl (C=O) groups is 1. The molecule has 8 heteroatoms. The molecule has 0 radical (unpaired) electrons. The molecule has 7 nitrogen and oxygen atoms in total. The Morgan fingerprint density at radius 2 is 1.87 bits per heavy atom. The first kappa shape index (κ1) is 18.9. The van der Waals surface area contributed by atoms with Crippen LogP contribution < -0.4 is 14.4 Å². The van der Waals surface area contributed by atoms with E-state index in [0.717, 1.165) is 43.4 Å². The summed E-state index contributed by atoms with van der Waals surface area (Å²) in [6.07, 6.45) is 1.63. The zero-order chi connectivity index (χ0) is 20.3. The summed E-state index contributed by atoms with van der Waals surface area (Å²) in [5, 5.41) is 0.929. The molecule has 2 aliphatic rings. The topological polar surface area (TPSA) is 67.8 Å². The molecule has 2 aliphatic heterocycles. The van der Waals surface area contributed by atoms with E-state index in [1.807, 2.05) is 23.1 Å². The molecule has 5 rings (SSSR count). The number of aromatic nitrogens is 2. The average Bonchev–Trinajstić information content (AvgIpc) is 3.37. The summed E-state index contributed by atoms with van der Waals surface area (Å²) >= 11 is 1.44. The molecular weight excluding hydrogens is 400 g/mol. The largest absolute Gasteiger partial charge is 0.454 e. The lowest BCUT2D eigenvalue weighted by molar-refractivity contribution is 0.0766. The molecule has 3 aromatic rings. The molecule has 1 saturated heterocycles. The summed E-state index contributed by atoms with van der Waals surface area (Å²) in [7, 11) is 0. The predicted molar refractivity (Wildman–Crippen MR) is 114 cm³/mol. The summed E-state index contributed by atoms with van der Waals surface area (Å²) in [5.74, 6) is 2.20. The van der Waals surface area contributed by atoms with Crippen LogP contribution in [0, 0.1) is 0 Å². The van der Waals surface area contributed by atoms with Crippen LogP contribution in [0.1, 0.15) is 28.2 Å². The molecular formula is C22H22N4O3S. The summed E-state index contributed by atoms with van der Waals surface area (Å²) < 4.78 is 15.3. The SMILES string of the molecule is O=C(c1ccc2c(c1)OCO2)N1CCCN(c2nc(Cc3ccccc3)ns2)CC1. The molecule has 0 aliphatic carbocycles. The lowest BCUT2D eigenvalue weighted by Gasteiger charge is -2.21. The van der Waals surface area contributed by atoms with E-state index in [4.69, 9.17) is 14.5 Å². The van der Waals surface area contributed by atoms with Gasteiger partial charge in [0.25, 0.3) is 5.91 Å². The van der Waals surface area contributed by atoms with Crippen molar-refractivity contribution in [2.75, 3.05) is 37.9 Å². The lowest BCUT2D eigenvalue weighted by atomic mass is 10.1. The van der Waals surface area contributed by atoms with Crippen molar-refractivity contribution in [3.63, 3.8) is 0 Å². The summed E-state index contributed by atoms with van der Waals surface area (Å²) in [5.41, 5.74) is 1.84. The Morgan fingerprint density at radius 1 is 1.00 bits per heavy atom. The number of fused-ring (bicyclic) bond motifs is 1. The Bertz CT molecular complexity index is 1040. The Kier molecular flexibility index (Phi) is 5.23. The summed E-state index contributed by atoms with van der Waals surface area (Å²) in [6, 6.07) is 15.6. The molecule has 3 heterocycles. The van der Waals surface area contributed by atoms with Gasteiger partial charge in [0.05, 0.1) is 0 Å². The van der Waals surface area contributed by atoms with Gasteiger partial charge in [-0.15, -0.1) is 0 Å². The van der Waals surface area contributed by atoms with Gasteiger partial charge in [-0.05, 0) is 30.2 Å². The molecule has 0 atom stereocenters. The lowest BCUT2D eigenvalue weighted by Crippen LogP contribution is -2.35. The minimum atomic E-state index is 0.0252. The van der Waals surface area contributed by atoms with E-state index in [-0.39, 0.29) is 12.7 Å². The van der Waals surface area contributed by atoms with Gasteiger partial charge in [0.2, 0.25) is 11.9 Å². The van der Waals surface area contributed by atoms with Gasteiger partial charge in [0, 0.05) is 49.7 Å². The van der Waals surface area contributed by atoms with E-state index in [9.17, 15) is 4.79 Å². The number of ether oxygens (including phenoxy) is 2. The molecule has 1 aromatic heterocycles. The number of benzene rings is 2. The zero-order valence-electron chi connectivity index (χ0n) is 16.5. The van der Waals surface area contributed by atoms with Crippen LogP contribution in [0.25, 0.3) is 0 Å². The monoisotopic (exact) mass is 422 g/mol. The van der Waals surface area contributed by atoms with E-state index in [0.29, 0.717) is 23.6 Å². The number of anilines is 1. The second-order valence-electron chi connectivity index (χ2n) is 7.36. The average molecular weight is 423 g/mol. The molecule has 0 spiro atoms. The predicted octanol–water partition coefficient (Wildman–Crippen LogP) is 3.21. The molecule has 0 saturated carbocycles. The molecule has 0 bridgehead atoms. The van der Waals surface area contributed by atoms with E-state index < -0.39 is 0 Å². The first-order valence-electron chi connectivity index (χ1n) is 10.1.